The Bertz CT molecular complexity index is 569. The normalized spacial score (nSPS) is 28.0. The Morgan fingerprint density at radius 2 is 2.22 bits per heavy atom. The summed E-state index contributed by atoms with van der Waals surface area (Å²) in [5, 5.41) is 8.18. The number of hydrogen-bond acceptors (Lipinski definition) is 5. The van der Waals surface area contributed by atoms with Crippen molar-refractivity contribution in [2.75, 3.05) is 26.7 Å². The van der Waals surface area contributed by atoms with Crippen LogP contribution in [0.5, 0.6) is 0 Å². The summed E-state index contributed by atoms with van der Waals surface area (Å²) in [7, 11) is 2.08. The molecule has 1 saturated carbocycles. The summed E-state index contributed by atoms with van der Waals surface area (Å²) in [5.41, 5.74) is 1.00. The Kier molecular flexibility index (Phi) is 4.07. The Hall–Kier alpha value is -1.47. The molecule has 0 N–H and O–H groups in total. The minimum absolute atomic E-state index is 0.107. The highest BCUT2D eigenvalue weighted by Crippen LogP contribution is 2.30. The van der Waals surface area contributed by atoms with E-state index in [-0.39, 0.29) is 18.1 Å². The van der Waals surface area contributed by atoms with Gasteiger partial charge in [-0.25, -0.2) is 4.68 Å². The number of likely N-dealkylation sites (N-methyl/N-ethyl adjacent to an activating group) is 1. The highest BCUT2D eigenvalue weighted by Gasteiger charge is 2.38. The molecule has 3 heterocycles. The molecule has 3 aliphatic rings. The van der Waals surface area contributed by atoms with Gasteiger partial charge in [0.05, 0.1) is 37.2 Å². The number of rotatable bonds is 3. The number of carbonyl (C=O) groups is 1. The van der Waals surface area contributed by atoms with Gasteiger partial charge in [0.25, 0.3) is 0 Å². The van der Waals surface area contributed by atoms with E-state index < -0.39 is 0 Å². The molecular weight excluding hydrogens is 294 g/mol. The molecule has 1 saturated heterocycles. The summed E-state index contributed by atoms with van der Waals surface area (Å²) in [6, 6.07) is 0.687. The molecule has 0 radical (unpaired) electrons. The van der Waals surface area contributed by atoms with E-state index in [1.165, 1.54) is 25.7 Å². The van der Waals surface area contributed by atoms with Gasteiger partial charge < -0.3 is 9.64 Å². The number of ether oxygens (including phenoxy) is 1. The van der Waals surface area contributed by atoms with Gasteiger partial charge in [0.15, 0.2) is 0 Å². The van der Waals surface area contributed by atoms with Gasteiger partial charge in [-0.05, 0) is 26.3 Å². The zero-order valence-electron chi connectivity index (χ0n) is 13.7. The molecule has 1 aliphatic carbocycles. The van der Waals surface area contributed by atoms with Crippen molar-refractivity contribution in [3.63, 3.8) is 0 Å². The van der Waals surface area contributed by atoms with Gasteiger partial charge >= 0.3 is 0 Å². The zero-order valence-corrected chi connectivity index (χ0v) is 13.7. The molecule has 0 spiro atoms. The first-order valence-corrected chi connectivity index (χ1v) is 8.71. The van der Waals surface area contributed by atoms with Gasteiger partial charge in [-0.1, -0.05) is 18.1 Å². The van der Waals surface area contributed by atoms with Gasteiger partial charge in [0.1, 0.15) is 0 Å². The highest BCUT2D eigenvalue weighted by molar-refractivity contribution is 5.78. The second-order valence-electron chi connectivity index (χ2n) is 7.07. The third-order valence-corrected chi connectivity index (χ3v) is 5.61. The minimum Gasteiger partial charge on any atom is -0.370 e. The Morgan fingerprint density at radius 3 is 3.04 bits per heavy atom. The topological polar surface area (TPSA) is 63.5 Å². The van der Waals surface area contributed by atoms with Crippen molar-refractivity contribution >= 4 is 5.91 Å². The average Bonchev–Trinajstić information content (AvgIpc) is 3.25. The molecule has 0 bridgehead atoms. The summed E-state index contributed by atoms with van der Waals surface area (Å²) in [6.45, 7) is 2.56. The van der Waals surface area contributed by atoms with Crippen molar-refractivity contribution < 1.29 is 9.53 Å². The molecule has 7 nitrogen and oxygen atoms in total. The SMILES string of the molecule is CN(CC(=O)N1CC[C@H]2OCc3cnnn3[C@H]2C1)C1CCCC1. The lowest BCUT2D eigenvalue weighted by Crippen LogP contribution is -2.52. The van der Waals surface area contributed by atoms with E-state index in [0.717, 1.165) is 18.7 Å². The Labute approximate surface area is 136 Å². The fraction of sp³-hybridized carbons (Fsp3) is 0.812. The summed E-state index contributed by atoms with van der Waals surface area (Å²) in [5.74, 6) is 0.227. The van der Waals surface area contributed by atoms with Crippen LogP contribution in [-0.2, 0) is 16.1 Å². The van der Waals surface area contributed by atoms with Crippen LogP contribution in [0.2, 0.25) is 0 Å². The van der Waals surface area contributed by atoms with Crippen LogP contribution >= 0.6 is 0 Å². The number of carbonyl (C=O) groups excluding carboxylic acids is 1. The molecule has 1 amide bonds. The molecule has 126 valence electrons. The molecule has 23 heavy (non-hydrogen) atoms. The second kappa shape index (κ2) is 6.20. The van der Waals surface area contributed by atoms with Crippen molar-refractivity contribution in [3.8, 4) is 0 Å². The van der Waals surface area contributed by atoms with Crippen molar-refractivity contribution in [3.05, 3.63) is 11.9 Å². The Morgan fingerprint density at radius 1 is 1.39 bits per heavy atom. The van der Waals surface area contributed by atoms with Crippen LogP contribution in [0.15, 0.2) is 6.20 Å². The zero-order chi connectivity index (χ0) is 15.8. The number of fused-ring (bicyclic) bond motifs is 3. The van der Waals surface area contributed by atoms with Crippen LogP contribution in [0.4, 0.5) is 0 Å². The van der Waals surface area contributed by atoms with Crippen LogP contribution in [0.25, 0.3) is 0 Å². The summed E-state index contributed by atoms with van der Waals surface area (Å²) in [4.78, 5) is 16.9. The van der Waals surface area contributed by atoms with Crippen LogP contribution in [-0.4, -0.2) is 69.5 Å². The molecule has 0 aromatic carbocycles. The maximum atomic E-state index is 12.7. The molecule has 1 aromatic rings. The largest absolute Gasteiger partial charge is 0.370 e. The number of nitrogens with zero attached hydrogens (tertiary/aromatic N) is 5. The highest BCUT2D eigenvalue weighted by atomic mass is 16.5. The van der Waals surface area contributed by atoms with E-state index in [1.807, 2.05) is 9.58 Å². The number of aromatic nitrogens is 3. The summed E-state index contributed by atoms with van der Waals surface area (Å²) in [6.07, 6.45) is 7.83. The molecular formula is C16H25N5O2. The smallest absolute Gasteiger partial charge is 0.236 e. The maximum Gasteiger partial charge on any atom is 0.236 e. The van der Waals surface area contributed by atoms with Crippen LogP contribution in [0, 0.1) is 0 Å². The third-order valence-electron chi connectivity index (χ3n) is 5.61. The quantitative estimate of drug-likeness (QED) is 0.825. The lowest BCUT2D eigenvalue weighted by Gasteiger charge is -2.41. The van der Waals surface area contributed by atoms with Crippen molar-refractivity contribution in [2.24, 2.45) is 0 Å². The van der Waals surface area contributed by atoms with Crippen LogP contribution in [0.1, 0.15) is 43.8 Å². The lowest BCUT2D eigenvalue weighted by atomic mass is 10.0. The average molecular weight is 319 g/mol. The fourth-order valence-electron chi connectivity index (χ4n) is 4.19. The fourth-order valence-corrected chi connectivity index (χ4v) is 4.19. The number of likely N-dealkylation sites (tertiary alicyclic amines) is 1. The molecule has 0 unspecified atom stereocenters. The van der Waals surface area contributed by atoms with E-state index >= 15 is 0 Å². The molecule has 1 aromatic heterocycles. The van der Waals surface area contributed by atoms with Crippen molar-refractivity contribution in [1.29, 1.82) is 0 Å². The van der Waals surface area contributed by atoms with Gasteiger partial charge in [0.2, 0.25) is 5.91 Å². The predicted molar refractivity (Wildman–Crippen MR) is 83.7 cm³/mol. The van der Waals surface area contributed by atoms with Crippen LogP contribution in [0.3, 0.4) is 0 Å². The van der Waals surface area contributed by atoms with E-state index in [9.17, 15) is 4.79 Å². The molecule has 2 atom stereocenters. The van der Waals surface area contributed by atoms with Crippen molar-refractivity contribution in [1.82, 2.24) is 24.8 Å². The van der Waals surface area contributed by atoms with Crippen molar-refractivity contribution in [2.45, 2.75) is 56.9 Å². The number of amides is 1. The molecule has 7 heteroatoms. The van der Waals surface area contributed by atoms with Gasteiger partial charge in [-0.2, -0.15) is 0 Å². The van der Waals surface area contributed by atoms with Gasteiger partial charge in [0, 0.05) is 19.1 Å². The first-order valence-electron chi connectivity index (χ1n) is 8.71. The molecule has 2 aliphatic heterocycles. The number of hydrogen-bond donors (Lipinski definition) is 0. The molecule has 2 fully saturated rings. The summed E-state index contributed by atoms with van der Waals surface area (Å²) >= 11 is 0. The van der Waals surface area contributed by atoms with E-state index in [4.69, 9.17) is 4.74 Å². The second-order valence-corrected chi connectivity index (χ2v) is 7.07. The van der Waals surface area contributed by atoms with Crippen LogP contribution < -0.4 is 0 Å². The Balaban J connectivity index is 1.40. The minimum atomic E-state index is 0.107. The monoisotopic (exact) mass is 319 g/mol. The lowest BCUT2D eigenvalue weighted by molar-refractivity contribution is -0.139. The first kappa shape index (κ1) is 15.1. The van der Waals surface area contributed by atoms with E-state index in [0.29, 0.717) is 25.7 Å². The number of piperidine rings is 1. The third kappa shape index (κ3) is 2.87. The standard InChI is InChI=1S/C16H25N5O2/c1-19(12-4-2-3-5-12)10-16(22)20-7-6-15-14(9-20)21-13(11-23-15)8-17-18-21/h8,12,14-15H,2-7,9-11H2,1H3/t14-,15+/m0/s1. The van der Waals surface area contributed by atoms with Gasteiger partial charge in [-0.3, -0.25) is 9.69 Å². The van der Waals surface area contributed by atoms with E-state index in [2.05, 4.69) is 22.3 Å². The molecule has 4 rings (SSSR count). The summed E-state index contributed by atoms with van der Waals surface area (Å²) < 4.78 is 7.86. The van der Waals surface area contributed by atoms with Gasteiger partial charge in [-0.15, -0.1) is 5.10 Å². The van der Waals surface area contributed by atoms with E-state index in [1.54, 1.807) is 6.20 Å². The first-order chi connectivity index (χ1) is 11.2. The predicted octanol–water partition coefficient (Wildman–Crippen LogP) is 0.825. The maximum absolute atomic E-state index is 12.7.